The zero-order valence-corrected chi connectivity index (χ0v) is 15.9. The largest absolute Gasteiger partial charge is 0.508 e. The van der Waals surface area contributed by atoms with Gasteiger partial charge in [0.15, 0.2) is 0 Å². The number of tetrazole rings is 1. The van der Waals surface area contributed by atoms with Crippen molar-refractivity contribution in [2.75, 3.05) is 12.4 Å². The molecular formula is C18H19N5O3S. The Morgan fingerprint density at radius 1 is 1.26 bits per heavy atom. The van der Waals surface area contributed by atoms with Crippen LogP contribution in [0.15, 0.2) is 47.6 Å². The standard InChI is InChI=1S/C18H19N5O3S/c1-11-4-9-16(26-3)15(10-11)19-17(25)12(2)27-18-20-21-22-23(18)13-5-7-14(24)8-6-13/h4-10,12,24H,1-3H3,(H,19,25)/t12-/m0/s1. The number of phenols is 1. The summed E-state index contributed by atoms with van der Waals surface area (Å²) in [7, 11) is 1.56. The van der Waals surface area contributed by atoms with E-state index in [-0.39, 0.29) is 11.7 Å². The van der Waals surface area contributed by atoms with Gasteiger partial charge in [-0.2, -0.15) is 4.68 Å². The van der Waals surface area contributed by atoms with E-state index in [2.05, 4.69) is 20.8 Å². The summed E-state index contributed by atoms with van der Waals surface area (Å²) in [5.41, 5.74) is 2.32. The summed E-state index contributed by atoms with van der Waals surface area (Å²) in [6.07, 6.45) is 0. The quantitative estimate of drug-likeness (QED) is 0.629. The van der Waals surface area contributed by atoms with Gasteiger partial charge in [0.05, 0.1) is 23.7 Å². The number of nitrogens with one attached hydrogen (secondary N) is 1. The molecule has 1 heterocycles. The highest BCUT2D eigenvalue weighted by molar-refractivity contribution is 8.00. The van der Waals surface area contributed by atoms with Gasteiger partial charge in [0.25, 0.3) is 0 Å². The van der Waals surface area contributed by atoms with Crippen LogP contribution < -0.4 is 10.1 Å². The number of phenolic OH excluding ortho intramolecular Hbond substituents is 1. The van der Waals surface area contributed by atoms with Gasteiger partial charge in [-0.1, -0.05) is 17.8 Å². The maximum Gasteiger partial charge on any atom is 0.237 e. The van der Waals surface area contributed by atoms with Gasteiger partial charge < -0.3 is 15.2 Å². The second-order valence-electron chi connectivity index (χ2n) is 5.84. The van der Waals surface area contributed by atoms with Crippen molar-refractivity contribution in [1.29, 1.82) is 0 Å². The molecule has 0 aliphatic rings. The SMILES string of the molecule is COc1ccc(C)cc1NC(=O)[C@H](C)Sc1nnnn1-c1ccc(O)cc1. The lowest BCUT2D eigenvalue weighted by Crippen LogP contribution is -2.23. The van der Waals surface area contributed by atoms with Gasteiger partial charge >= 0.3 is 0 Å². The molecule has 2 aromatic carbocycles. The molecule has 0 unspecified atom stereocenters. The molecule has 1 aromatic heterocycles. The molecule has 0 bridgehead atoms. The molecule has 1 atom stereocenters. The maximum atomic E-state index is 12.6. The number of carbonyl (C=O) groups is 1. The van der Waals surface area contributed by atoms with Crippen molar-refractivity contribution >= 4 is 23.4 Å². The van der Waals surface area contributed by atoms with Crippen LogP contribution >= 0.6 is 11.8 Å². The Hall–Kier alpha value is -3.07. The second kappa shape index (κ2) is 8.09. The molecule has 3 aromatic rings. The van der Waals surface area contributed by atoms with Gasteiger partial charge in [-0.3, -0.25) is 4.79 Å². The van der Waals surface area contributed by atoms with Gasteiger partial charge in [-0.15, -0.1) is 5.10 Å². The number of aromatic hydroxyl groups is 1. The van der Waals surface area contributed by atoms with Crippen LogP contribution in [0.5, 0.6) is 11.5 Å². The number of nitrogens with zero attached hydrogens (tertiary/aromatic N) is 4. The number of amides is 1. The molecule has 0 spiro atoms. The summed E-state index contributed by atoms with van der Waals surface area (Å²) in [5, 5.41) is 24.0. The van der Waals surface area contributed by atoms with Crippen LogP contribution in [0, 0.1) is 6.92 Å². The van der Waals surface area contributed by atoms with Crippen molar-refractivity contribution in [1.82, 2.24) is 20.2 Å². The monoisotopic (exact) mass is 385 g/mol. The lowest BCUT2D eigenvalue weighted by atomic mass is 10.2. The number of benzene rings is 2. The molecule has 2 N–H and O–H groups in total. The van der Waals surface area contributed by atoms with Gasteiger partial charge in [0, 0.05) is 0 Å². The van der Waals surface area contributed by atoms with Crippen molar-refractivity contribution in [3.8, 4) is 17.2 Å². The first kappa shape index (κ1) is 18.7. The first-order chi connectivity index (χ1) is 13.0. The van der Waals surface area contributed by atoms with E-state index in [1.165, 1.54) is 16.4 Å². The minimum absolute atomic E-state index is 0.154. The molecule has 1 amide bonds. The number of carbonyl (C=O) groups excluding carboxylic acids is 1. The molecule has 27 heavy (non-hydrogen) atoms. The average Bonchev–Trinajstić information content (AvgIpc) is 3.10. The van der Waals surface area contributed by atoms with Crippen LogP contribution in [0.4, 0.5) is 5.69 Å². The van der Waals surface area contributed by atoms with Gasteiger partial charge in [0.1, 0.15) is 11.5 Å². The first-order valence-corrected chi connectivity index (χ1v) is 9.06. The molecule has 3 rings (SSSR count). The topological polar surface area (TPSA) is 102 Å². The second-order valence-corrected chi connectivity index (χ2v) is 7.15. The zero-order valence-electron chi connectivity index (χ0n) is 15.1. The number of aromatic nitrogens is 4. The summed E-state index contributed by atoms with van der Waals surface area (Å²) in [6.45, 7) is 3.72. The fourth-order valence-corrected chi connectivity index (χ4v) is 3.18. The Balaban J connectivity index is 1.74. The lowest BCUT2D eigenvalue weighted by molar-refractivity contribution is -0.115. The number of anilines is 1. The smallest absolute Gasteiger partial charge is 0.237 e. The highest BCUT2D eigenvalue weighted by Gasteiger charge is 2.20. The number of ether oxygens (including phenoxy) is 1. The summed E-state index contributed by atoms with van der Waals surface area (Å²) in [5.74, 6) is 0.560. The Kier molecular flexibility index (Phi) is 5.60. The molecule has 0 aliphatic heterocycles. The summed E-state index contributed by atoms with van der Waals surface area (Å²) in [6, 6.07) is 12.1. The predicted octanol–water partition coefficient (Wildman–Crippen LogP) is 2.80. The number of methoxy groups -OCH3 is 1. The third-order valence-corrected chi connectivity index (χ3v) is 4.83. The van der Waals surface area contributed by atoms with E-state index < -0.39 is 5.25 Å². The molecule has 0 radical (unpaired) electrons. The van der Waals surface area contributed by atoms with Crippen LogP contribution in [0.1, 0.15) is 12.5 Å². The summed E-state index contributed by atoms with van der Waals surface area (Å²) < 4.78 is 6.81. The number of hydrogen-bond acceptors (Lipinski definition) is 7. The van der Waals surface area contributed by atoms with Crippen LogP contribution in [-0.4, -0.2) is 43.6 Å². The highest BCUT2D eigenvalue weighted by Crippen LogP contribution is 2.28. The van der Waals surface area contributed by atoms with Crippen molar-refractivity contribution in [2.45, 2.75) is 24.3 Å². The van der Waals surface area contributed by atoms with E-state index in [0.717, 1.165) is 5.56 Å². The highest BCUT2D eigenvalue weighted by atomic mass is 32.2. The van der Waals surface area contributed by atoms with Crippen molar-refractivity contribution in [3.63, 3.8) is 0 Å². The van der Waals surface area contributed by atoms with Crippen LogP contribution in [0.2, 0.25) is 0 Å². The molecule has 0 fully saturated rings. The van der Waals surface area contributed by atoms with Gasteiger partial charge in [-0.05, 0) is 66.2 Å². The Morgan fingerprint density at radius 3 is 2.70 bits per heavy atom. The van der Waals surface area contributed by atoms with E-state index in [9.17, 15) is 9.90 Å². The van der Waals surface area contributed by atoms with E-state index in [1.54, 1.807) is 38.3 Å². The fourth-order valence-electron chi connectivity index (χ4n) is 2.37. The molecule has 0 aliphatic carbocycles. The van der Waals surface area contributed by atoms with Crippen LogP contribution in [0.3, 0.4) is 0 Å². The van der Waals surface area contributed by atoms with Crippen molar-refractivity contribution in [2.24, 2.45) is 0 Å². The molecule has 140 valence electrons. The van der Waals surface area contributed by atoms with Gasteiger partial charge in [-0.25, -0.2) is 0 Å². The third-order valence-electron chi connectivity index (χ3n) is 3.80. The Bertz CT molecular complexity index is 942. The normalized spacial score (nSPS) is 11.8. The van der Waals surface area contributed by atoms with Crippen LogP contribution in [-0.2, 0) is 4.79 Å². The maximum absolute atomic E-state index is 12.6. The third kappa shape index (κ3) is 4.37. The number of thioether (sulfide) groups is 1. The lowest BCUT2D eigenvalue weighted by Gasteiger charge is -2.14. The van der Waals surface area contributed by atoms with E-state index >= 15 is 0 Å². The minimum atomic E-state index is -0.447. The molecule has 0 saturated carbocycles. The molecule has 0 saturated heterocycles. The van der Waals surface area contributed by atoms with Crippen molar-refractivity contribution in [3.05, 3.63) is 48.0 Å². The number of hydrogen-bond donors (Lipinski definition) is 2. The first-order valence-electron chi connectivity index (χ1n) is 8.18. The number of rotatable bonds is 6. The molecule has 9 heteroatoms. The molecular weight excluding hydrogens is 366 g/mol. The Labute approximate surface area is 160 Å². The van der Waals surface area contributed by atoms with E-state index in [4.69, 9.17) is 4.74 Å². The fraction of sp³-hybridized carbons (Fsp3) is 0.222. The van der Waals surface area contributed by atoms with Crippen molar-refractivity contribution < 1.29 is 14.6 Å². The summed E-state index contributed by atoms with van der Waals surface area (Å²) in [4.78, 5) is 12.6. The van der Waals surface area contributed by atoms with E-state index in [1.807, 2.05) is 25.1 Å². The van der Waals surface area contributed by atoms with Crippen LogP contribution in [0.25, 0.3) is 5.69 Å². The zero-order chi connectivity index (χ0) is 19.4. The van der Waals surface area contributed by atoms with E-state index in [0.29, 0.717) is 22.3 Å². The molecule has 8 nitrogen and oxygen atoms in total. The average molecular weight is 385 g/mol. The predicted molar refractivity (Wildman–Crippen MR) is 102 cm³/mol. The summed E-state index contributed by atoms with van der Waals surface area (Å²) >= 11 is 1.23. The Morgan fingerprint density at radius 2 is 2.00 bits per heavy atom. The minimum Gasteiger partial charge on any atom is -0.508 e. The number of aryl methyl sites for hydroxylation is 1. The van der Waals surface area contributed by atoms with Gasteiger partial charge in [0.2, 0.25) is 11.1 Å².